The van der Waals surface area contributed by atoms with Gasteiger partial charge in [-0.1, -0.05) is 18.3 Å². The Morgan fingerprint density at radius 2 is 2.45 bits per heavy atom. The average molecular weight is 179 g/mol. The highest BCUT2D eigenvalue weighted by Gasteiger charge is 2.07. The van der Waals surface area contributed by atoms with Crippen LogP contribution in [0.4, 0.5) is 8.78 Å². The van der Waals surface area contributed by atoms with E-state index in [2.05, 4.69) is 9.72 Å². The summed E-state index contributed by atoms with van der Waals surface area (Å²) in [5.74, 6) is 0. The first-order chi connectivity index (χ1) is 5.22. The van der Waals surface area contributed by atoms with E-state index >= 15 is 0 Å². The third-order valence-corrected chi connectivity index (χ3v) is 1.86. The van der Waals surface area contributed by atoms with Crippen LogP contribution in [-0.4, -0.2) is 11.6 Å². The van der Waals surface area contributed by atoms with Crippen molar-refractivity contribution < 1.29 is 13.5 Å². The molecule has 5 heteroatoms. The number of ether oxygens (including phenoxy) is 1. The van der Waals surface area contributed by atoms with Gasteiger partial charge in [0.1, 0.15) is 0 Å². The lowest BCUT2D eigenvalue weighted by atomic mass is 10.4. The van der Waals surface area contributed by atoms with E-state index in [4.69, 9.17) is 0 Å². The van der Waals surface area contributed by atoms with Crippen LogP contribution in [0, 0.1) is 0 Å². The predicted molar refractivity (Wildman–Crippen MR) is 38.1 cm³/mol. The fraction of sp³-hybridized carbons (Fsp3) is 0.500. The summed E-state index contributed by atoms with van der Waals surface area (Å²) < 4.78 is 27.2. The van der Waals surface area contributed by atoms with Gasteiger partial charge in [0, 0.05) is 5.38 Å². The van der Waals surface area contributed by atoms with Gasteiger partial charge in [-0.3, -0.25) is 0 Å². The summed E-state index contributed by atoms with van der Waals surface area (Å²) in [6.45, 7) is -0.868. The van der Waals surface area contributed by atoms with Gasteiger partial charge in [0.25, 0.3) is 5.19 Å². The fourth-order valence-corrected chi connectivity index (χ4v) is 1.34. The van der Waals surface area contributed by atoms with Crippen LogP contribution in [-0.2, 0) is 6.42 Å². The second kappa shape index (κ2) is 3.61. The van der Waals surface area contributed by atoms with Crippen molar-refractivity contribution in [2.45, 2.75) is 20.0 Å². The number of nitrogens with zero attached hydrogens (tertiary/aromatic N) is 1. The van der Waals surface area contributed by atoms with Crippen molar-refractivity contribution in [3.63, 3.8) is 0 Å². The molecule has 0 atom stereocenters. The largest absolute Gasteiger partial charge is 0.408 e. The molecule has 0 fully saturated rings. The number of rotatable bonds is 3. The summed E-state index contributed by atoms with van der Waals surface area (Å²) in [6, 6.07) is 0. The molecular weight excluding hydrogens is 172 g/mol. The summed E-state index contributed by atoms with van der Waals surface area (Å²) in [5.41, 5.74) is 0.783. The third kappa shape index (κ3) is 2.42. The Balaban J connectivity index is 2.58. The van der Waals surface area contributed by atoms with E-state index in [1.807, 2.05) is 6.92 Å². The van der Waals surface area contributed by atoms with Crippen molar-refractivity contribution in [3.05, 3.63) is 11.1 Å². The van der Waals surface area contributed by atoms with E-state index in [0.717, 1.165) is 23.5 Å². The highest BCUT2D eigenvalue weighted by atomic mass is 32.1. The molecule has 0 bridgehead atoms. The minimum absolute atomic E-state index is 0.0388. The maximum Gasteiger partial charge on any atom is 0.389 e. The molecule has 0 aromatic carbocycles. The van der Waals surface area contributed by atoms with Gasteiger partial charge in [-0.2, -0.15) is 8.78 Å². The molecule has 1 heterocycles. The van der Waals surface area contributed by atoms with E-state index in [1.54, 1.807) is 5.38 Å². The molecule has 1 aromatic heterocycles. The van der Waals surface area contributed by atoms with Crippen molar-refractivity contribution in [1.82, 2.24) is 4.98 Å². The van der Waals surface area contributed by atoms with Crippen LogP contribution in [0.25, 0.3) is 0 Å². The van der Waals surface area contributed by atoms with E-state index in [-0.39, 0.29) is 5.19 Å². The smallest absolute Gasteiger partial charge is 0.389 e. The van der Waals surface area contributed by atoms with Gasteiger partial charge >= 0.3 is 6.61 Å². The maximum atomic E-state index is 11.6. The van der Waals surface area contributed by atoms with Crippen molar-refractivity contribution >= 4 is 11.3 Å². The van der Waals surface area contributed by atoms with Crippen LogP contribution < -0.4 is 4.74 Å². The molecule has 0 radical (unpaired) electrons. The van der Waals surface area contributed by atoms with E-state index in [1.165, 1.54) is 0 Å². The number of alkyl halides is 2. The standard InChI is InChI=1S/C6H7F2NOS/c1-2-4-3-11-6(9-4)10-5(7)8/h3,5H,2H2,1H3. The lowest BCUT2D eigenvalue weighted by Crippen LogP contribution is -2.01. The summed E-state index contributed by atoms with van der Waals surface area (Å²) >= 11 is 1.09. The zero-order chi connectivity index (χ0) is 8.27. The van der Waals surface area contributed by atoms with E-state index in [0.29, 0.717) is 0 Å². The molecule has 0 N–H and O–H groups in total. The number of thiazole rings is 1. The number of aryl methyl sites for hydroxylation is 1. The summed E-state index contributed by atoms with van der Waals surface area (Å²) in [5, 5.41) is 1.74. The van der Waals surface area contributed by atoms with Crippen LogP contribution in [0.5, 0.6) is 5.19 Å². The molecule has 1 aromatic rings. The molecule has 0 saturated carbocycles. The van der Waals surface area contributed by atoms with Gasteiger partial charge in [0.2, 0.25) is 0 Å². The lowest BCUT2D eigenvalue weighted by Gasteiger charge is -1.96. The maximum absolute atomic E-state index is 11.6. The van der Waals surface area contributed by atoms with Crippen molar-refractivity contribution in [2.24, 2.45) is 0 Å². The van der Waals surface area contributed by atoms with Gasteiger partial charge in [0.05, 0.1) is 5.69 Å². The van der Waals surface area contributed by atoms with Gasteiger partial charge in [-0.05, 0) is 6.42 Å². The number of hydrogen-bond acceptors (Lipinski definition) is 3. The minimum Gasteiger partial charge on any atom is -0.408 e. The molecular formula is C6H7F2NOS. The van der Waals surface area contributed by atoms with Crippen LogP contribution in [0.2, 0.25) is 0 Å². The van der Waals surface area contributed by atoms with Crippen molar-refractivity contribution in [3.8, 4) is 5.19 Å². The van der Waals surface area contributed by atoms with Crippen molar-refractivity contribution in [2.75, 3.05) is 0 Å². The summed E-state index contributed by atoms with van der Waals surface area (Å²) in [6.07, 6.45) is 0.739. The first kappa shape index (κ1) is 8.39. The van der Waals surface area contributed by atoms with Crippen LogP contribution in [0.3, 0.4) is 0 Å². The highest BCUT2D eigenvalue weighted by Crippen LogP contribution is 2.19. The van der Waals surface area contributed by atoms with Crippen molar-refractivity contribution in [1.29, 1.82) is 0 Å². The zero-order valence-corrected chi connectivity index (χ0v) is 6.70. The zero-order valence-electron chi connectivity index (χ0n) is 5.88. The number of aromatic nitrogens is 1. The molecule has 2 nitrogen and oxygen atoms in total. The molecule has 0 aliphatic rings. The molecule has 0 amide bonds. The first-order valence-electron chi connectivity index (χ1n) is 3.11. The van der Waals surface area contributed by atoms with E-state index in [9.17, 15) is 8.78 Å². The van der Waals surface area contributed by atoms with Gasteiger partial charge in [0.15, 0.2) is 0 Å². The van der Waals surface area contributed by atoms with Crippen LogP contribution in [0.1, 0.15) is 12.6 Å². The quantitative estimate of drug-likeness (QED) is 0.710. The molecule has 0 saturated heterocycles. The Kier molecular flexibility index (Phi) is 2.76. The molecule has 0 aliphatic carbocycles. The Bertz CT molecular complexity index is 226. The van der Waals surface area contributed by atoms with Gasteiger partial charge in [-0.25, -0.2) is 4.98 Å². The van der Waals surface area contributed by atoms with Crippen LogP contribution in [0.15, 0.2) is 5.38 Å². The molecule has 11 heavy (non-hydrogen) atoms. The highest BCUT2D eigenvalue weighted by molar-refractivity contribution is 7.11. The first-order valence-corrected chi connectivity index (χ1v) is 3.99. The normalized spacial score (nSPS) is 10.5. The Morgan fingerprint density at radius 1 is 1.73 bits per heavy atom. The Morgan fingerprint density at radius 3 is 2.91 bits per heavy atom. The Labute approximate surface area is 66.8 Å². The Hall–Kier alpha value is -0.710. The number of halogens is 2. The number of hydrogen-bond donors (Lipinski definition) is 0. The predicted octanol–water partition coefficient (Wildman–Crippen LogP) is 2.31. The average Bonchev–Trinajstić information content (AvgIpc) is 2.34. The second-order valence-electron chi connectivity index (χ2n) is 1.84. The third-order valence-electron chi connectivity index (χ3n) is 1.08. The van der Waals surface area contributed by atoms with Gasteiger partial charge < -0.3 is 4.74 Å². The minimum atomic E-state index is -2.77. The molecule has 0 unspecified atom stereocenters. The topological polar surface area (TPSA) is 22.1 Å². The van der Waals surface area contributed by atoms with Gasteiger partial charge in [-0.15, -0.1) is 0 Å². The fourth-order valence-electron chi connectivity index (χ4n) is 0.581. The molecule has 1 rings (SSSR count). The van der Waals surface area contributed by atoms with Crippen LogP contribution >= 0.6 is 11.3 Å². The summed E-state index contributed by atoms with van der Waals surface area (Å²) in [7, 11) is 0. The second-order valence-corrected chi connectivity index (χ2v) is 2.66. The molecule has 0 spiro atoms. The SMILES string of the molecule is CCc1csc(OC(F)F)n1. The van der Waals surface area contributed by atoms with E-state index < -0.39 is 6.61 Å². The molecule has 62 valence electrons. The summed E-state index contributed by atoms with van der Waals surface area (Å²) in [4.78, 5) is 3.79. The molecule has 0 aliphatic heterocycles. The monoisotopic (exact) mass is 179 g/mol. The lowest BCUT2D eigenvalue weighted by molar-refractivity contribution is -0.0500.